The molecule has 0 N–H and O–H groups in total. The Morgan fingerprint density at radius 1 is 0.812 bits per heavy atom. The van der Waals surface area contributed by atoms with Gasteiger partial charge in [-0.25, -0.2) is 0 Å². The van der Waals surface area contributed by atoms with Crippen molar-refractivity contribution >= 4 is 17.9 Å². The molecule has 100 valence electrons. The largest absolute Gasteiger partial charge is 0.550 e. The molecule has 0 heterocycles. The Morgan fingerprint density at radius 3 is 0.812 bits per heavy atom. The fourth-order valence-electron chi connectivity index (χ4n) is 0. The molecule has 0 spiro atoms. The van der Waals surface area contributed by atoms with Crippen LogP contribution in [0.3, 0.4) is 0 Å². The van der Waals surface area contributed by atoms with Gasteiger partial charge in [0.25, 0.3) is 0 Å². The van der Waals surface area contributed by atoms with Crippen LogP contribution in [-0.4, -0.2) is 17.9 Å². The Hall–Kier alpha value is -1.70. The van der Waals surface area contributed by atoms with E-state index in [2.05, 4.69) is 0 Å². The molecule has 0 fully saturated rings. The summed E-state index contributed by atoms with van der Waals surface area (Å²) in [6.45, 7) is 2.92. The van der Waals surface area contributed by atoms with Gasteiger partial charge in [-0.2, -0.15) is 0 Å². The molecule has 0 aromatic rings. The van der Waals surface area contributed by atoms with Crippen molar-refractivity contribution in [1.29, 1.82) is 0 Å². The van der Waals surface area contributed by atoms with Gasteiger partial charge in [0.1, 0.15) is 0 Å². The molecule has 0 saturated carbocycles. The van der Waals surface area contributed by atoms with Crippen LogP contribution in [0.1, 0.15) is 20.8 Å². The molecule has 0 amide bonds. The van der Waals surface area contributed by atoms with Gasteiger partial charge in [-0.15, -0.1) is 5.34 Å². The predicted molar refractivity (Wildman–Crippen MR) is 41.2 cm³/mol. The minimum atomic E-state index is -1.08. The molecule has 0 aromatic heterocycles. The minimum absolute atomic E-state index is 0. The molecule has 0 aromatic carbocycles. The Morgan fingerprint density at radius 2 is 0.812 bits per heavy atom. The molecule has 0 aliphatic carbocycles. The van der Waals surface area contributed by atoms with Crippen molar-refractivity contribution in [2.45, 2.75) is 20.8 Å². The Bertz CT molecular complexity index is 154. The molecule has 0 unspecified atom stereocenters. The average Bonchev–Trinajstić information content (AvgIpc) is 1.81. The van der Waals surface area contributed by atoms with Crippen molar-refractivity contribution < 1.29 is 46.2 Å². The van der Waals surface area contributed by atoms with E-state index in [1.165, 1.54) is 0 Å². The van der Waals surface area contributed by atoms with E-state index in [4.69, 9.17) is 39.8 Å². The van der Waals surface area contributed by atoms with E-state index < -0.39 is 17.9 Å². The minimum Gasteiger partial charge on any atom is -0.550 e. The van der Waals surface area contributed by atoms with Crippen LogP contribution in [0.15, 0.2) is 5.34 Å². The maximum Gasteiger partial charge on any atom is 0.0383 e. The first-order valence-electron chi connectivity index (χ1n) is 3.09. The van der Waals surface area contributed by atoms with Crippen LogP contribution in [0.5, 0.6) is 0 Å². The molecule has 0 aliphatic rings. The Balaban J connectivity index is -0.0000000331. The molecular formula is C6H9NNiO8-4. The van der Waals surface area contributed by atoms with Crippen LogP contribution < -0.4 is 15.3 Å². The van der Waals surface area contributed by atoms with Crippen molar-refractivity contribution in [3.8, 4) is 0 Å². The van der Waals surface area contributed by atoms with E-state index in [0.717, 1.165) is 26.1 Å². The zero-order valence-electron chi connectivity index (χ0n) is 8.53. The van der Waals surface area contributed by atoms with Crippen molar-refractivity contribution in [1.82, 2.24) is 0 Å². The number of rotatable bonds is 0. The Labute approximate surface area is 101 Å². The van der Waals surface area contributed by atoms with Crippen LogP contribution in [0.25, 0.3) is 0 Å². The van der Waals surface area contributed by atoms with Gasteiger partial charge < -0.3 is 39.8 Å². The standard InChI is InChI=1S/3C2H4O2.HNO2.Ni/c3*1-2(3)4;2-1-3;/h3*1H3,(H,3,4);(H,2,3);/p-4. The fraction of sp³-hybridized carbons (Fsp3) is 0.500. The molecule has 16 heavy (non-hydrogen) atoms. The smallest absolute Gasteiger partial charge is 0.0383 e. The number of carbonyl (C=O) groups excluding carboxylic acids is 3. The predicted octanol–water partition coefficient (Wildman–Crippen LogP) is -3.48. The summed E-state index contributed by atoms with van der Waals surface area (Å²) in [4.78, 5) is 34.7. The monoisotopic (exact) mass is 281 g/mol. The summed E-state index contributed by atoms with van der Waals surface area (Å²) < 4.78 is 0. The number of carbonyl (C=O) groups is 3. The summed E-state index contributed by atoms with van der Waals surface area (Å²) >= 11 is 0. The van der Waals surface area contributed by atoms with Gasteiger partial charge in [-0.05, 0) is 20.8 Å². The topological polar surface area (TPSA) is 173 Å². The van der Waals surface area contributed by atoms with Crippen LogP contribution in [0, 0.1) is 10.1 Å². The van der Waals surface area contributed by atoms with Gasteiger partial charge in [-0.1, -0.05) is 0 Å². The number of hydrogen-bond donors (Lipinski definition) is 0. The van der Waals surface area contributed by atoms with Crippen molar-refractivity contribution in [2.75, 3.05) is 0 Å². The van der Waals surface area contributed by atoms with Crippen LogP contribution in [0.4, 0.5) is 0 Å². The third-order valence-corrected chi connectivity index (χ3v) is 0. The summed E-state index contributed by atoms with van der Waals surface area (Å²) in [5.41, 5.74) is 0. The third kappa shape index (κ3) is 546. The van der Waals surface area contributed by atoms with E-state index in [9.17, 15) is 0 Å². The van der Waals surface area contributed by atoms with E-state index in [-0.39, 0.29) is 16.5 Å². The zero-order valence-corrected chi connectivity index (χ0v) is 9.52. The van der Waals surface area contributed by atoms with Crippen LogP contribution >= 0.6 is 0 Å². The molecule has 0 atom stereocenters. The summed E-state index contributed by atoms with van der Waals surface area (Å²) in [6.07, 6.45) is 0. The molecule has 10 heteroatoms. The quantitative estimate of drug-likeness (QED) is 0.250. The molecule has 0 saturated heterocycles. The summed E-state index contributed by atoms with van der Waals surface area (Å²) in [5, 5.41) is 35.7. The summed E-state index contributed by atoms with van der Waals surface area (Å²) in [6, 6.07) is 0. The first-order chi connectivity index (χ1) is 6.61. The van der Waals surface area contributed by atoms with E-state index in [1.54, 1.807) is 0 Å². The Kier molecular flexibility index (Phi) is 53.4. The molecule has 0 rings (SSSR count). The maximum absolute atomic E-state index is 8.89. The number of nitrogens with zero attached hydrogens (tertiary/aromatic N) is 1. The first kappa shape index (κ1) is 29.2. The molecular weight excluding hydrogens is 273 g/mol. The second kappa shape index (κ2) is 29.2. The molecule has 9 nitrogen and oxygen atoms in total. The van der Waals surface area contributed by atoms with Crippen LogP contribution in [-0.2, 0) is 30.9 Å². The van der Waals surface area contributed by atoms with E-state index in [1.807, 2.05) is 0 Å². The van der Waals surface area contributed by atoms with E-state index >= 15 is 0 Å². The number of hydrogen-bond acceptors (Lipinski definition) is 9. The van der Waals surface area contributed by atoms with E-state index in [0.29, 0.717) is 0 Å². The second-order valence-corrected chi connectivity index (χ2v) is 1.55. The zero-order chi connectivity index (χ0) is 13.4. The summed E-state index contributed by atoms with van der Waals surface area (Å²) in [7, 11) is 0. The van der Waals surface area contributed by atoms with Gasteiger partial charge in [0.15, 0.2) is 0 Å². The SMILES string of the molecule is CC(=O)[O-].CC(=O)[O-].CC(=O)[O-].O=N[O-].[Ni]. The average molecular weight is 282 g/mol. The molecule has 0 radical (unpaired) electrons. The van der Waals surface area contributed by atoms with Crippen molar-refractivity contribution in [3.63, 3.8) is 0 Å². The number of carboxylic acids is 3. The van der Waals surface area contributed by atoms with Gasteiger partial charge in [-0.3, -0.25) is 0 Å². The maximum atomic E-state index is 8.89. The van der Waals surface area contributed by atoms with Gasteiger partial charge >= 0.3 is 0 Å². The number of aliphatic carboxylic acids is 3. The first-order valence-corrected chi connectivity index (χ1v) is 3.09. The van der Waals surface area contributed by atoms with Gasteiger partial charge in [0.05, 0.1) is 0 Å². The molecule has 0 aliphatic heterocycles. The van der Waals surface area contributed by atoms with Crippen molar-refractivity contribution in [3.05, 3.63) is 10.1 Å². The third-order valence-electron chi connectivity index (χ3n) is 0. The number of carboxylic acid groups (broad SMARTS) is 3. The second-order valence-electron chi connectivity index (χ2n) is 1.55. The van der Waals surface area contributed by atoms with Gasteiger partial charge in [0, 0.05) is 34.4 Å². The van der Waals surface area contributed by atoms with Crippen molar-refractivity contribution in [2.24, 2.45) is 5.34 Å². The molecule has 0 bridgehead atoms. The summed E-state index contributed by atoms with van der Waals surface area (Å²) in [5.74, 6) is -3.25. The van der Waals surface area contributed by atoms with Crippen LogP contribution in [0.2, 0.25) is 0 Å². The fourth-order valence-corrected chi connectivity index (χ4v) is 0. The normalized spacial score (nSPS) is 5.44. The van der Waals surface area contributed by atoms with Gasteiger partial charge in [0.2, 0.25) is 0 Å².